The summed E-state index contributed by atoms with van der Waals surface area (Å²) in [4.78, 5) is 17.1. The van der Waals surface area contributed by atoms with Gasteiger partial charge in [-0.3, -0.25) is 9.89 Å². The van der Waals surface area contributed by atoms with Crippen LogP contribution in [-0.2, 0) is 6.54 Å². The highest BCUT2D eigenvalue weighted by Gasteiger charge is 2.20. The molecule has 0 radical (unpaired) electrons. The number of aromatic amines is 1. The molecular formula is C22H17FN4O3S. The largest absolute Gasteiger partial charge is 0.454 e. The van der Waals surface area contributed by atoms with Crippen molar-refractivity contribution in [2.45, 2.75) is 13.5 Å². The molecule has 0 fully saturated rings. The van der Waals surface area contributed by atoms with Crippen molar-refractivity contribution in [3.05, 3.63) is 70.6 Å². The Kier molecular flexibility index (Phi) is 4.87. The number of carbonyl (C=O) groups is 1. The first-order chi connectivity index (χ1) is 15.1. The van der Waals surface area contributed by atoms with E-state index in [9.17, 15) is 9.18 Å². The highest BCUT2D eigenvalue weighted by Crippen LogP contribution is 2.35. The second-order valence-electron chi connectivity index (χ2n) is 6.99. The van der Waals surface area contributed by atoms with E-state index < -0.39 is 0 Å². The molecule has 0 spiro atoms. The number of hydrogen-bond acceptors (Lipinski definition) is 6. The van der Waals surface area contributed by atoms with Gasteiger partial charge in [0.05, 0.1) is 5.56 Å². The number of ether oxygens (including phenoxy) is 2. The summed E-state index contributed by atoms with van der Waals surface area (Å²) in [6, 6.07) is 11.7. The monoisotopic (exact) mass is 436 g/mol. The molecule has 2 aromatic heterocycles. The molecule has 0 unspecified atom stereocenters. The van der Waals surface area contributed by atoms with Gasteiger partial charge >= 0.3 is 0 Å². The predicted octanol–water partition coefficient (Wildman–Crippen LogP) is 4.31. The smallest absolute Gasteiger partial charge is 0.271 e. The molecule has 1 aliphatic rings. The number of H-pyrrole nitrogens is 1. The minimum Gasteiger partial charge on any atom is -0.454 e. The fraction of sp³-hybridized carbons (Fsp3) is 0.136. The summed E-state index contributed by atoms with van der Waals surface area (Å²) < 4.78 is 24.0. The van der Waals surface area contributed by atoms with Crippen molar-refractivity contribution in [3.63, 3.8) is 0 Å². The van der Waals surface area contributed by atoms with Crippen molar-refractivity contribution in [1.82, 2.24) is 20.5 Å². The third kappa shape index (κ3) is 3.75. The number of thiazole rings is 1. The molecule has 2 aromatic carbocycles. The van der Waals surface area contributed by atoms with Crippen LogP contribution in [0.3, 0.4) is 0 Å². The van der Waals surface area contributed by atoms with Crippen LogP contribution in [0, 0.1) is 12.7 Å². The molecule has 5 rings (SSSR count). The molecule has 1 amide bonds. The average Bonchev–Trinajstić information content (AvgIpc) is 3.51. The van der Waals surface area contributed by atoms with E-state index in [-0.39, 0.29) is 18.5 Å². The fourth-order valence-electron chi connectivity index (χ4n) is 3.32. The molecule has 7 nitrogen and oxygen atoms in total. The topological polar surface area (TPSA) is 89.1 Å². The predicted molar refractivity (Wildman–Crippen MR) is 114 cm³/mol. The number of aromatic nitrogens is 3. The van der Waals surface area contributed by atoms with E-state index >= 15 is 0 Å². The zero-order valence-corrected chi connectivity index (χ0v) is 17.3. The summed E-state index contributed by atoms with van der Waals surface area (Å²) in [6.07, 6.45) is 0. The molecule has 0 aliphatic carbocycles. The van der Waals surface area contributed by atoms with Crippen LogP contribution in [0.25, 0.3) is 21.8 Å². The van der Waals surface area contributed by atoms with E-state index in [2.05, 4.69) is 20.5 Å². The fourth-order valence-corrected chi connectivity index (χ4v) is 4.23. The Morgan fingerprint density at radius 3 is 2.84 bits per heavy atom. The average molecular weight is 436 g/mol. The molecule has 0 saturated heterocycles. The summed E-state index contributed by atoms with van der Waals surface area (Å²) in [7, 11) is 0. The zero-order chi connectivity index (χ0) is 21.4. The Bertz CT molecular complexity index is 1270. The molecule has 9 heteroatoms. The van der Waals surface area contributed by atoms with Crippen molar-refractivity contribution >= 4 is 17.2 Å². The molecule has 31 heavy (non-hydrogen) atoms. The first kappa shape index (κ1) is 19.3. The maximum absolute atomic E-state index is 13.3. The molecule has 0 atom stereocenters. The molecule has 3 heterocycles. The van der Waals surface area contributed by atoms with Gasteiger partial charge in [-0.05, 0) is 48.9 Å². The van der Waals surface area contributed by atoms with Crippen molar-refractivity contribution in [2.75, 3.05) is 6.79 Å². The lowest BCUT2D eigenvalue weighted by atomic mass is 10.1. The lowest BCUT2D eigenvalue weighted by Crippen LogP contribution is -2.23. The van der Waals surface area contributed by atoms with Gasteiger partial charge in [-0.15, -0.1) is 11.3 Å². The van der Waals surface area contributed by atoms with Crippen LogP contribution in [0.5, 0.6) is 11.5 Å². The van der Waals surface area contributed by atoms with Crippen molar-refractivity contribution in [2.24, 2.45) is 0 Å². The van der Waals surface area contributed by atoms with Gasteiger partial charge in [0, 0.05) is 23.2 Å². The first-order valence-electron chi connectivity index (χ1n) is 9.52. The first-order valence-corrected chi connectivity index (χ1v) is 10.4. The Labute approximate surface area is 180 Å². The number of nitrogens with one attached hydrogen (secondary N) is 2. The number of carbonyl (C=O) groups excluding carboxylic acids is 1. The molecule has 0 saturated carbocycles. The van der Waals surface area contributed by atoms with Crippen molar-refractivity contribution in [3.8, 4) is 33.3 Å². The number of fused-ring (bicyclic) bond motifs is 1. The van der Waals surface area contributed by atoms with Gasteiger partial charge in [0.25, 0.3) is 5.91 Å². The van der Waals surface area contributed by atoms with Crippen LogP contribution >= 0.6 is 11.3 Å². The maximum atomic E-state index is 13.3. The standard InChI is InChI=1S/C22H17FN4O3S/c1-12-19(20(27-26-12)14-3-5-15(23)6-4-14)22-25-16(10-31-22)21(28)24-9-13-2-7-17-18(8-13)30-11-29-17/h2-8,10H,9,11H2,1H3,(H,24,28)(H,26,27). The summed E-state index contributed by atoms with van der Waals surface area (Å²) in [5.41, 5.74) is 4.28. The second-order valence-corrected chi connectivity index (χ2v) is 7.85. The summed E-state index contributed by atoms with van der Waals surface area (Å²) in [5, 5.41) is 12.6. The van der Waals surface area contributed by atoms with Gasteiger partial charge in [-0.2, -0.15) is 5.10 Å². The summed E-state index contributed by atoms with van der Waals surface area (Å²) in [6.45, 7) is 2.43. The van der Waals surface area contributed by atoms with Crippen LogP contribution < -0.4 is 14.8 Å². The minimum absolute atomic E-state index is 0.208. The SMILES string of the molecule is Cc1[nH]nc(-c2ccc(F)cc2)c1-c1nc(C(=O)NCc2ccc3c(c2)OCO3)cs1. The van der Waals surface area contributed by atoms with E-state index in [1.807, 2.05) is 25.1 Å². The number of aryl methyl sites for hydroxylation is 1. The second kappa shape index (κ2) is 7.84. The molecule has 1 aliphatic heterocycles. The number of rotatable bonds is 5. The summed E-state index contributed by atoms with van der Waals surface area (Å²) >= 11 is 1.36. The van der Waals surface area contributed by atoms with Gasteiger partial charge in [0.15, 0.2) is 11.5 Å². The number of nitrogens with zero attached hydrogens (tertiary/aromatic N) is 2. The van der Waals surface area contributed by atoms with Gasteiger partial charge in [0.1, 0.15) is 22.2 Å². The van der Waals surface area contributed by atoms with Crippen LogP contribution in [0.2, 0.25) is 0 Å². The number of amides is 1. The minimum atomic E-state index is -0.312. The van der Waals surface area contributed by atoms with Crippen LogP contribution in [0.15, 0.2) is 47.8 Å². The van der Waals surface area contributed by atoms with Crippen LogP contribution in [0.1, 0.15) is 21.7 Å². The third-order valence-corrected chi connectivity index (χ3v) is 5.77. The summed E-state index contributed by atoms with van der Waals surface area (Å²) in [5.74, 6) is 0.788. The van der Waals surface area contributed by atoms with Crippen molar-refractivity contribution in [1.29, 1.82) is 0 Å². The number of benzene rings is 2. The van der Waals surface area contributed by atoms with Gasteiger partial charge in [-0.25, -0.2) is 9.37 Å². The zero-order valence-electron chi connectivity index (χ0n) is 16.4. The van der Waals surface area contributed by atoms with E-state index in [1.165, 1.54) is 23.5 Å². The molecule has 0 bridgehead atoms. The third-order valence-electron chi connectivity index (χ3n) is 4.91. The highest BCUT2D eigenvalue weighted by molar-refractivity contribution is 7.13. The lowest BCUT2D eigenvalue weighted by molar-refractivity contribution is 0.0946. The van der Waals surface area contributed by atoms with Gasteiger partial charge < -0.3 is 14.8 Å². The van der Waals surface area contributed by atoms with Crippen molar-refractivity contribution < 1.29 is 18.7 Å². The number of hydrogen-bond donors (Lipinski definition) is 2. The van der Waals surface area contributed by atoms with E-state index in [1.54, 1.807) is 17.5 Å². The Morgan fingerprint density at radius 1 is 1.19 bits per heavy atom. The van der Waals surface area contributed by atoms with Crippen LogP contribution in [-0.4, -0.2) is 27.9 Å². The molecule has 156 valence electrons. The Morgan fingerprint density at radius 2 is 2.00 bits per heavy atom. The van der Waals surface area contributed by atoms with E-state index in [4.69, 9.17) is 9.47 Å². The highest BCUT2D eigenvalue weighted by atomic mass is 32.1. The van der Waals surface area contributed by atoms with E-state index in [0.717, 1.165) is 22.4 Å². The molecular weight excluding hydrogens is 419 g/mol. The van der Waals surface area contributed by atoms with Gasteiger partial charge in [0.2, 0.25) is 6.79 Å². The Balaban J connectivity index is 1.34. The normalized spacial score (nSPS) is 12.2. The van der Waals surface area contributed by atoms with Crippen LogP contribution in [0.4, 0.5) is 4.39 Å². The van der Waals surface area contributed by atoms with Gasteiger partial charge in [-0.1, -0.05) is 6.07 Å². The lowest BCUT2D eigenvalue weighted by Gasteiger charge is -2.05. The molecule has 4 aromatic rings. The Hall–Kier alpha value is -3.72. The molecule has 2 N–H and O–H groups in total. The number of halogens is 1. The van der Waals surface area contributed by atoms with E-state index in [0.29, 0.717) is 34.4 Å². The maximum Gasteiger partial charge on any atom is 0.271 e. The quantitative estimate of drug-likeness (QED) is 0.487.